The quantitative estimate of drug-likeness (QED) is 0.206. The molecule has 0 unspecified atom stereocenters. The van der Waals surface area contributed by atoms with Crippen molar-refractivity contribution in [3.05, 3.63) is 157 Å². The number of pyridine rings is 2. The lowest BCUT2D eigenvalue weighted by molar-refractivity contribution is 1.01. The van der Waals surface area contributed by atoms with Crippen molar-refractivity contribution in [1.29, 1.82) is 5.26 Å². The molecule has 5 aromatic carbocycles. The van der Waals surface area contributed by atoms with Gasteiger partial charge in [-0.05, 0) is 59.2 Å². The zero-order chi connectivity index (χ0) is 30.6. The van der Waals surface area contributed by atoms with Crippen LogP contribution >= 0.6 is 0 Å². The van der Waals surface area contributed by atoms with Crippen molar-refractivity contribution in [3.63, 3.8) is 0 Å². The largest absolute Gasteiger partial charge is 0.294 e. The molecule has 0 saturated heterocycles. The van der Waals surface area contributed by atoms with Crippen molar-refractivity contribution >= 4 is 43.6 Å². The summed E-state index contributed by atoms with van der Waals surface area (Å²) in [6.07, 6.45) is 3.76. The van der Waals surface area contributed by atoms with Crippen LogP contribution in [0.1, 0.15) is 5.56 Å². The van der Waals surface area contributed by atoms with Crippen LogP contribution in [0.2, 0.25) is 0 Å². The number of nitrogens with zero attached hydrogens (tertiary/aromatic N) is 5. The van der Waals surface area contributed by atoms with Gasteiger partial charge in [-0.15, -0.1) is 0 Å². The van der Waals surface area contributed by atoms with Crippen LogP contribution in [0.5, 0.6) is 0 Å². The summed E-state index contributed by atoms with van der Waals surface area (Å²) in [4.78, 5) is 9.94. The summed E-state index contributed by atoms with van der Waals surface area (Å²) < 4.78 is 4.47. The lowest BCUT2D eigenvalue weighted by Crippen LogP contribution is -2.04. The van der Waals surface area contributed by atoms with Gasteiger partial charge in [-0.25, -0.2) is 4.98 Å². The van der Waals surface area contributed by atoms with Gasteiger partial charge in [0.1, 0.15) is 11.6 Å². The van der Waals surface area contributed by atoms with Crippen LogP contribution in [-0.2, 0) is 0 Å². The topological polar surface area (TPSA) is 59.4 Å². The minimum Gasteiger partial charge on any atom is -0.294 e. The predicted molar refractivity (Wildman–Crippen MR) is 186 cm³/mol. The molecule has 0 aliphatic carbocycles. The van der Waals surface area contributed by atoms with Gasteiger partial charge >= 0.3 is 0 Å². The first kappa shape index (κ1) is 25.9. The van der Waals surface area contributed by atoms with Crippen molar-refractivity contribution in [2.45, 2.75) is 0 Å². The number of rotatable bonds is 4. The van der Waals surface area contributed by atoms with Crippen LogP contribution < -0.4 is 0 Å². The van der Waals surface area contributed by atoms with Crippen LogP contribution in [0.15, 0.2) is 152 Å². The first-order chi connectivity index (χ1) is 22.8. The van der Waals surface area contributed by atoms with Gasteiger partial charge in [0, 0.05) is 33.3 Å². The second-order valence-electron chi connectivity index (χ2n) is 11.4. The van der Waals surface area contributed by atoms with Crippen LogP contribution in [0, 0.1) is 11.3 Å². The van der Waals surface area contributed by atoms with E-state index < -0.39 is 0 Å². The summed E-state index contributed by atoms with van der Waals surface area (Å²) >= 11 is 0. The zero-order valence-corrected chi connectivity index (χ0v) is 24.7. The summed E-state index contributed by atoms with van der Waals surface area (Å²) in [6, 6.07) is 50.3. The van der Waals surface area contributed by atoms with Crippen molar-refractivity contribution in [2.75, 3.05) is 0 Å². The molecule has 5 heteroatoms. The molecular weight excluding hydrogens is 562 g/mol. The third-order valence-corrected chi connectivity index (χ3v) is 8.89. The molecule has 0 amide bonds. The Kier molecular flexibility index (Phi) is 5.81. The number of benzene rings is 5. The van der Waals surface area contributed by atoms with Gasteiger partial charge in [-0.2, -0.15) is 5.26 Å². The second kappa shape index (κ2) is 10.3. The number of nitriles is 1. The number of hydrogen-bond donors (Lipinski definition) is 0. The van der Waals surface area contributed by atoms with Crippen LogP contribution in [0.25, 0.3) is 77.5 Å². The molecule has 0 aliphatic rings. The Bertz CT molecular complexity index is 2430. The minimum absolute atomic E-state index is 0.639. The highest BCUT2D eigenvalue weighted by atomic mass is 15.1. The number of hydrogen-bond acceptors (Lipinski definition) is 3. The molecule has 0 aliphatic heterocycles. The SMILES string of the molecule is N#Cc1ccccc1-c1ccccc1-c1cc(-n2c3ccccc3c3ccccc32)nc(-n2c3ccccc3c3ccncc32)c1. The summed E-state index contributed by atoms with van der Waals surface area (Å²) in [6.45, 7) is 0. The lowest BCUT2D eigenvalue weighted by atomic mass is 9.92. The third-order valence-electron chi connectivity index (χ3n) is 8.89. The normalized spacial score (nSPS) is 11.5. The Balaban J connectivity index is 1.41. The molecule has 0 N–H and O–H groups in total. The van der Waals surface area contributed by atoms with Gasteiger partial charge in [0.15, 0.2) is 0 Å². The number of fused-ring (bicyclic) bond motifs is 6. The molecule has 0 radical (unpaired) electrons. The fourth-order valence-electron chi connectivity index (χ4n) is 6.91. The molecule has 46 heavy (non-hydrogen) atoms. The Hall–Kier alpha value is -6.51. The van der Waals surface area contributed by atoms with Gasteiger partial charge in [-0.3, -0.25) is 14.1 Å². The van der Waals surface area contributed by atoms with Gasteiger partial charge < -0.3 is 0 Å². The third kappa shape index (κ3) is 3.88. The molecular formula is C41H25N5. The van der Waals surface area contributed by atoms with Crippen LogP contribution in [0.4, 0.5) is 0 Å². The molecule has 0 bridgehead atoms. The van der Waals surface area contributed by atoms with Crippen LogP contribution in [0.3, 0.4) is 0 Å². The molecule has 4 aromatic heterocycles. The average Bonchev–Trinajstić information content (AvgIpc) is 3.65. The van der Waals surface area contributed by atoms with Crippen molar-refractivity contribution in [2.24, 2.45) is 0 Å². The maximum atomic E-state index is 10.0. The highest BCUT2D eigenvalue weighted by Crippen LogP contribution is 2.39. The zero-order valence-electron chi connectivity index (χ0n) is 24.7. The molecule has 214 valence electrons. The van der Waals surface area contributed by atoms with Gasteiger partial charge in [0.05, 0.1) is 39.9 Å². The second-order valence-corrected chi connectivity index (χ2v) is 11.4. The van der Waals surface area contributed by atoms with Gasteiger partial charge in [0.25, 0.3) is 0 Å². The minimum atomic E-state index is 0.639. The van der Waals surface area contributed by atoms with E-state index in [1.807, 2.05) is 42.7 Å². The molecule has 0 saturated carbocycles. The summed E-state index contributed by atoms with van der Waals surface area (Å²) in [5, 5.41) is 14.6. The summed E-state index contributed by atoms with van der Waals surface area (Å²) in [5.41, 5.74) is 8.79. The lowest BCUT2D eigenvalue weighted by Gasteiger charge is -2.16. The van der Waals surface area contributed by atoms with E-state index in [9.17, 15) is 5.26 Å². The monoisotopic (exact) mass is 587 g/mol. The van der Waals surface area contributed by atoms with Crippen molar-refractivity contribution in [3.8, 4) is 40.0 Å². The molecule has 0 atom stereocenters. The fraction of sp³-hybridized carbons (Fsp3) is 0. The van der Waals surface area contributed by atoms with Gasteiger partial charge in [-0.1, -0.05) is 97.1 Å². The molecule has 0 spiro atoms. The predicted octanol–water partition coefficient (Wildman–Crippen LogP) is 9.88. The molecule has 0 fully saturated rings. The highest BCUT2D eigenvalue weighted by Gasteiger charge is 2.19. The van der Waals surface area contributed by atoms with E-state index in [1.165, 1.54) is 10.8 Å². The maximum absolute atomic E-state index is 10.0. The number of para-hydroxylation sites is 3. The summed E-state index contributed by atoms with van der Waals surface area (Å²) in [7, 11) is 0. The van der Waals surface area contributed by atoms with Gasteiger partial charge in [0.2, 0.25) is 0 Å². The molecule has 9 rings (SSSR count). The van der Waals surface area contributed by atoms with E-state index in [-0.39, 0.29) is 0 Å². The van der Waals surface area contributed by atoms with E-state index in [2.05, 4.69) is 129 Å². The fourth-order valence-corrected chi connectivity index (χ4v) is 6.91. The highest BCUT2D eigenvalue weighted by molar-refractivity contribution is 6.10. The molecule has 9 aromatic rings. The van der Waals surface area contributed by atoms with E-state index >= 15 is 0 Å². The molecule has 5 nitrogen and oxygen atoms in total. The van der Waals surface area contributed by atoms with Crippen molar-refractivity contribution in [1.82, 2.24) is 19.1 Å². The Morgan fingerprint density at radius 2 is 0.957 bits per heavy atom. The summed E-state index contributed by atoms with van der Waals surface area (Å²) in [5.74, 6) is 1.60. The Morgan fingerprint density at radius 3 is 1.57 bits per heavy atom. The smallest absolute Gasteiger partial charge is 0.140 e. The first-order valence-corrected chi connectivity index (χ1v) is 15.2. The molecule has 4 heterocycles. The Labute approximate surface area is 264 Å². The van der Waals surface area contributed by atoms with E-state index in [0.29, 0.717) is 5.56 Å². The van der Waals surface area contributed by atoms with Crippen LogP contribution in [-0.4, -0.2) is 19.1 Å². The van der Waals surface area contributed by atoms with Crippen molar-refractivity contribution < 1.29 is 0 Å². The maximum Gasteiger partial charge on any atom is 0.140 e. The van der Waals surface area contributed by atoms with E-state index in [1.54, 1.807) is 0 Å². The van der Waals surface area contributed by atoms with E-state index in [0.717, 1.165) is 66.7 Å². The number of aromatic nitrogens is 4. The standard InChI is InChI=1S/C41H25N5/c42-25-27-11-1-2-12-29(27)31-14-4-3-13-30(31)28-23-40(45-36-18-8-5-15-32(36)33-16-6-9-19-37(33)45)44-41(24-28)46-38-20-10-7-17-34(38)35-21-22-43-26-39(35)46/h1-24,26H. The Morgan fingerprint density at radius 1 is 0.478 bits per heavy atom. The first-order valence-electron chi connectivity index (χ1n) is 15.2. The van der Waals surface area contributed by atoms with E-state index in [4.69, 9.17) is 4.98 Å². The average molecular weight is 588 g/mol.